The fourth-order valence-electron chi connectivity index (χ4n) is 2.95. The van der Waals surface area contributed by atoms with Crippen molar-refractivity contribution in [3.05, 3.63) is 60.6 Å². The highest BCUT2D eigenvalue weighted by Crippen LogP contribution is 2.17. The van der Waals surface area contributed by atoms with E-state index in [4.69, 9.17) is 9.90 Å². The zero-order chi connectivity index (χ0) is 20.9. The van der Waals surface area contributed by atoms with Crippen LogP contribution in [0.15, 0.2) is 49.1 Å². The van der Waals surface area contributed by atoms with Gasteiger partial charge >= 0.3 is 12.1 Å². The van der Waals surface area contributed by atoms with Crippen molar-refractivity contribution in [3.8, 4) is 0 Å². The monoisotopic (exact) mass is 408 g/mol. The van der Waals surface area contributed by atoms with Gasteiger partial charge in [-0.2, -0.15) is 18.3 Å². The lowest BCUT2D eigenvalue weighted by molar-refractivity contribution is -0.192. The number of carboxylic acids is 1. The molecule has 0 fully saturated rings. The van der Waals surface area contributed by atoms with Crippen LogP contribution in [0.1, 0.15) is 11.5 Å². The zero-order valence-corrected chi connectivity index (χ0v) is 15.3. The standard InChI is InChI=1S/C16H18N6.C2HF3O2/c1-2-6-17-15(4-1)20-9-5-16-18-12-14(22(16)11-10-20)13-21-8-3-7-19-21;3-2(4,5)1(6)7/h1-4,6-8,12H,5,9-11,13H2;(H,6,7). The van der Waals surface area contributed by atoms with E-state index < -0.39 is 12.1 Å². The number of nitrogens with zero attached hydrogens (tertiary/aromatic N) is 6. The van der Waals surface area contributed by atoms with E-state index in [0.29, 0.717) is 0 Å². The third kappa shape index (κ3) is 5.33. The second-order valence-electron chi connectivity index (χ2n) is 6.25. The summed E-state index contributed by atoms with van der Waals surface area (Å²) in [5.74, 6) is -0.560. The van der Waals surface area contributed by atoms with Crippen LogP contribution >= 0.6 is 0 Å². The van der Waals surface area contributed by atoms with E-state index in [1.54, 1.807) is 0 Å². The van der Waals surface area contributed by atoms with E-state index in [2.05, 4.69) is 30.6 Å². The minimum Gasteiger partial charge on any atom is -0.475 e. The number of aliphatic carboxylic acids is 1. The molecule has 0 aliphatic carbocycles. The number of halogens is 3. The Morgan fingerprint density at radius 2 is 1.90 bits per heavy atom. The lowest BCUT2D eigenvalue weighted by Gasteiger charge is -2.20. The average molecular weight is 408 g/mol. The van der Waals surface area contributed by atoms with E-state index in [1.807, 2.05) is 47.7 Å². The van der Waals surface area contributed by atoms with Crippen molar-refractivity contribution < 1.29 is 23.1 Å². The van der Waals surface area contributed by atoms with Crippen LogP contribution in [0.3, 0.4) is 0 Å². The molecule has 4 rings (SSSR count). The van der Waals surface area contributed by atoms with Crippen LogP contribution in [0.4, 0.5) is 19.0 Å². The molecule has 3 aromatic rings. The molecule has 0 atom stereocenters. The minimum atomic E-state index is -5.08. The topological polar surface area (TPSA) is 89.1 Å². The van der Waals surface area contributed by atoms with Gasteiger partial charge in [-0.05, 0) is 18.2 Å². The highest BCUT2D eigenvalue weighted by molar-refractivity contribution is 5.73. The minimum absolute atomic E-state index is 0.767. The Bertz CT molecular complexity index is 925. The molecular weight excluding hydrogens is 389 g/mol. The number of pyridine rings is 1. The Morgan fingerprint density at radius 1 is 1.10 bits per heavy atom. The summed E-state index contributed by atoms with van der Waals surface area (Å²) in [6, 6.07) is 8.00. The third-order valence-corrected chi connectivity index (χ3v) is 4.32. The molecule has 0 saturated carbocycles. The molecule has 0 bridgehead atoms. The average Bonchev–Trinajstić information content (AvgIpc) is 3.28. The number of imidazole rings is 1. The summed E-state index contributed by atoms with van der Waals surface area (Å²) < 4.78 is 36.0. The first-order chi connectivity index (χ1) is 13.8. The fourth-order valence-corrected chi connectivity index (χ4v) is 2.95. The normalized spacial score (nSPS) is 13.8. The molecule has 154 valence electrons. The molecule has 0 aromatic carbocycles. The highest BCUT2D eigenvalue weighted by atomic mass is 19.4. The SMILES string of the molecule is O=C(O)C(F)(F)F.c1ccc(N2CCc3ncc(Cn4cccn4)n3CC2)nc1. The highest BCUT2D eigenvalue weighted by Gasteiger charge is 2.38. The predicted molar refractivity (Wildman–Crippen MR) is 97.4 cm³/mol. The Hall–Kier alpha value is -3.37. The maximum atomic E-state index is 10.6. The molecule has 0 amide bonds. The first-order valence-electron chi connectivity index (χ1n) is 8.81. The van der Waals surface area contributed by atoms with Crippen molar-refractivity contribution >= 4 is 11.8 Å². The van der Waals surface area contributed by atoms with Crippen molar-refractivity contribution in [2.24, 2.45) is 0 Å². The van der Waals surface area contributed by atoms with Gasteiger partial charge in [0, 0.05) is 44.6 Å². The number of hydrogen-bond donors (Lipinski definition) is 1. The maximum absolute atomic E-state index is 10.6. The number of hydrogen-bond acceptors (Lipinski definition) is 5. The molecule has 11 heteroatoms. The molecule has 0 saturated heterocycles. The van der Waals surface area contributed by atoms with E-state index >= 15 is 0 Å². The van der Waals surface area contributed by atoms with E-state index in [9.17, 15) is 13.2 Å². The molecule has 0 radical (unpaired) electrons. The summed E-state index contributed by atoms with van der Waals surface area (Å²) in [5.41, 5.74) is 1.21. The van der Waals surface area contributed by atoms with Crippen LogP contribution < -0.4 is 4.90 Å². The number of aromatic nitrogens is 5. The lowest BCUT2D eigenvalue weighted by Crippen LogP contribution is -2.27. The first kappa shape index (κ1) is 20.4. The number of alkyl halides is 3. The lowest BCUT2D eigenvalue weighted by atomic mass is 10.3. The largest absolute Gasteiger partial charge is 0.490 e. The molecular formula is C18H19F3N6O2. The Kier molecular flexibility index (Phi) is 6.15. The Balaban J connectivity index is 0.000000298. The zero-order valence-electron chi connectivity index (χ0n) is 15.3. The summed E-state index contributed by atoms with van der Waals surface area (Å²) in [7, 11) is 0. The van der Waals surface area contributed by atoms with E-state index in [1.165, 1.54) is 5.69 Å². The van der Waals surface area contributed by atoms with Gasteiger partial charge in [-0.3, -0.25) is 4.68 Å². The number of anilines is 1. The molecule has 29 heavy (non-hydrogen) atoms. The molecule has 0 unspecified atom stereocenters. The van der Waals surface area contributed by atoms with Crippen molar-refractivity contribution in [1.82, 2.24) is 24.3 Å². The van der Waals surface area contributed by atoms with Gasteiger partial charge in [0.15, 0.2) is 0 Å². The van der Waals surface area contributed by atoms with E-state index in [-0.39, 0.29) is 0 Å². The summed E-state index contributed by atoms with van der Waals surface area (Å²) in [6.07, 6.45) is 3.48. The first-order valence-corrected chi connectivity index (χ1v) is 8.81. The molecule has 8 nitrogen and oxygen atoms in total. The summed E-state index contributed by atoms with van der Waals surface area (Å²) in [4.78, 5) is 20.3. The smallest absolute Gasteiger partial charge is 0.475 e. The molecule has 1 aliphatic rings. The summed E-state index contributed by atoms with van der Waals surface area (Å²) in [6.45, 7) is 3.60. The number of fused-ring (bicyclic) bond motifs is 1. The predicted octanol–water partition coefficient (Wildman–Crippen LogP) is 2.22. The van der Waals surface area contributed by atoms with Crippen LogP contribution in [-0.4, -0.2) is 54.7 Å². The molecule has 1 aliphatic heterocycles. The second kappa shape index (κ2) is 8.76. The molecule has 0 spiro atoms. The fraction of sp³-hybridized carbons (Fsp3) is 0.333. The van der Waals surface area contributed by atoms with Crippen molar-refractivity contribution in [1.29, 1.82) is 0 Å². The van der Waals surface area contributed by atoms with Crippen molar-refractivity contribution in [3.63, 3.8) is 0 Å². The van der Waals surface area contributed by atoms with Crippen LogP contribution in [0.2, 0.25) is 0 Å². The Morgan fingerprint density at radius 3 is 2.52 bits per heavy atom. The maximum Gasteiger partial charge on any atom is 0.490 e. The number of carbonyl (C=O) groups is 1. The third-order valence-electron chi connectivity index (χ3n) is 4.32. The number of rotatable bonds is 3. The van der Waals surface area contributed by atoms with Gasteiger partial charge in [-0.1, -0.05) is 6.07 Å². The van der Waals surface area contributed by atoms with Gasteiger partial charge in [0.25, 0.3) is 0 Å². The molecule has 3 aromatic heterocycles. The van der Waals surface area contributed by atoms with Gasteiger partial charge < -0.3 is 14.6 Å². The van der Waals surface area contributed by atoms with Gasteiger partial charge in [-0.25, -0.2) is 14.8 Å². The van der Waals surface area contributed by atoms with E-state index in [0.717, 1.165) is 44.2 Å². The van der Waals surface area contributed by atoms with Gasteiger partial charge in [-0.15, -0.1) is 0 Å². The van der Waals surface area contributed by atoms with Gasteiger partial charge in [0.05, 0.1) is 18.4 Å². The molecule has 1 N–H and O–H groups in total. The summed E-state index contributed by atoms with van der Waals surface area (Å²) in [5, 5.41) is 11.4. The summed E-state index contributed by atoms with van der Waals surface area (Å²) >= 11 is 0. The van der Waals surface area contributed by atoms with Crippen LogP contribution in [0, 0.1) is 0 Å². The quantitative estimate of drug-likeness (QED) is 0.715. The van der Waals surface area contributed by atoms with Crippen LogP contribution in [-0.2, 0) is 24.3 Å². The van der Waals surface area contributed by atoms with Crippen molar-refractivity contribution in [2.75, 3.05) is 18.0 Å². The van der Waals surface area contributed by atoms with Crippen LogP contribution in [0.5, 0.6) is 0 Å². The number of carboxylic acid groups (broad SMARTS) is 1. The van der Waals surface area contributed by atoms with Crippen LogP contribution in [0.25, 0.3) is 0 Å². The second-order valence-corrected chi connectivity index (χ2v) is 6.25. The molecule has 4 heterocycles. The van der Waals surface area contributed by atoms with Gasteiger partial charge in [0.2, 0.25) is 0 Å². The van der Waals surface area contributed by atoms with Crippen molar-refractivity contribution in [2.45, 2.75) is 25.7 Å². The Labute approximate surface area is 164 Å². The van der Waals surface area contributed by atoms with Gasteiger partial charge in [0.1, 0.15) is 11.6 Å².